The van der Waals surface area contributed by atoms with Crippen LogP contribution in [-0.2, 0) is 6.54 Å². The fraction of sp³-hybridized carbons (Fsp3) is 0.217. The van der Waals surface area contributed by atoms with E-state index in [1.165, 1.54) is 4.90 Å². The van der Waals surface area contributed by atoms with Gasteiger partial charge in [0.05, 0.1) is 19.2 Å². The number of pyridine rings is 1. The number of amides is 1. The number of thioether (sulfide) groups is 1. The number of benzene rings is 2. The van der Waals surface area contributed by atoms with E-state index in [0.717, 1.165) is 16.7 Å². The molecule has 0 atom stereocenters. The molecule has 2 heterocycles. The van der Waals surface area contributed by atoms with Crippen LogP contribution in [0.1, 0.15) is 15.9 Å². The molecule has 0 saturated carbocycles. The molecule has 1 amide bonds. The summed E-state index contributed by atoms with van der Waals surface area (Å²) in [6.45, 7) is 1.37. The number of methoxy groups -OCH3 is 1. The molecule has 0 unspecified atom stereocenters. The van der Waals surface area contributed by atoms with Crippen molar-refractivity contribution in [3.63, 3.8) is 0 Å². The molecule has 0 fully saturated rings. The molecular weight excluding hydrogens is 384 g/mol. The summed E-state index contributed by atoms with van der Waals surface area (Å²) in [4.78, 5) is 20.0. The van der Waals surface area contributed by atoms with Crippen LogP contribution in [0.5, 0.6) is 11.5 Å². The number of aromatic nitrogens is 1. The standard InChI is InChI=1S/C23H22N2O3S/c1-27-21-13-18(16-5-7-20(29-2)8-6-16)12-19-15-25(10-11-28-22(19)21)23(26)17-4-3-9-24-14-17/h3-9,12-14H,10-11,15H2,1-2H3. The number of fused-ring (bicyclic) bond motifs is 1. The number of carbonyl (C=O) groups excluding carboxylic acids is 1. The normalized spacial score (nSPS) is 13.2. The summed E-state index contributed by atoms with van der Waals surface area (Å²) in [5.41, 5.74) is 3.64. The van der Waals surface area contributed by atoms with E-state index < -0.39 is 0 Å². The van der Waals surface area contributed by atoms with Gasteiger partial charge in [-0.25, -0.2) is 0 Å². The average Bonchev–Trinajstić information content (AvgIpc) is 3.01. The van der Waals surface area contributed by atoms with Crippen LogP contribution in [0.4, 0.5) is 0 Å². The zero-order valence-electron chi connectivity index (χ0n) is 16.4. The van der Waals surface area contributed by atoms with E-state index in [-0.39, 0.29) is 5.91 Å². The Balaban J connectivity index is 1.70. The highest BCUT2D eigenvalue weighted by atomic mass is 32.2. The van der Waals surface area contributed by atoms with Crippen LogP contribution in [0.3, 0.4) is 0 Å². The first-order chi connectivity index (χ1) is 14.2. The van der Waals surface area contributed by atoms with E-state index in [1.807, 2.05) is 6.07 Å². The molecule has 5 nitrogen and oxygen atoms in total. The lowest BCUT2D eigenvalue weighted by Gasteiger charge is -2.20. The first kappa shape index (κ1) is 19.3. The Bertz CT molecular complexity index is 1010. The van der Waals surface area contributed by atoms with E-state index >= 15 is 0 Å². The quantitative estimate of drug-likeness (QED) is 0.597. The van der Waals surface area contributed by atoms with Gasteiger partial charge in [-0.15, -0.1) is 11.8 Å². The summed E-state index contributed by atoms with van der Waals surface area (Å²) in [7, 11) is 1.64. The maximum absolute atomic E-state index is 12.9. The summed E-state index contributed by atoms with van der Waals surface area (Å²) in [6, 6.07) is 16.0. The predicted molar refractivity (Wildman–Crippen MR) is 115 cm³/mol. The highest BCUT2D eigenvalue weighted by Crippen LogP contribution is 2.38. The minimum Gasteiger partial charge on any atom is -0.493 e. The van der Waals surface area contributed by atoms with Gasteiger partial charge in [-0.2, -0.15) is 0 Å². The van der Waals surface area contributed by atoms with E-state index in [1.54, 1.807) is 48.3 Å². The van der Waals surface area contributed by atoms with E-state index in [2.05, 4.69) is 41.6 Å². The first-order valence-electron chi connectivity index (χ1n) is 9.37. The van der Waals surface area contributed by atoms with Gasteiger partial charge in [0, 0.05) is 29.4 Å². The van der Waals surface area contributed by atoms with Gasteiger partial charge in [0.15, 0.2) is 11.5 Å². The maximum Gasteiger partial charge on any atom is 0.255 e. The smallest absolute Gasteiger partial charge is 0.255 e. The van der Waals surface area contributed by atoms with Gasteiger partial charge in [0.25, 0.3) is 5.91 Å². The van der Waals surface area contributed by atoms with Crippen molar-refractivity contribution in [2.24, 2.45) is 0 Å². The third-order valence-corrected chi connectivity index (χ3v) is 5.68. The zero-order chi connectivity index (χ0) is 20.2. The van der Waals surface area contributed by atoms with Crippen molar-refractivity contribution in [3.05, 3.63) is 72.1 Å². The van der Waals surface area contributed by atoms with E-state index in [4.69, 9.17) is 9.47 Å². The number of hydrogen-bond acceptors (Lipinski definition) is 5. The Morgan fingerprint density at radius 2 is 2.00 bits per heavy atom. The average molecular weight is 407 g/mol. The first-order valence-corrected chi connectivity index (χ1v) is 10.6. The summed E-state index contributed by atoms with van der Waals surface area (Å²) < 4.78 is 11.6. The van der Waals surface area contributed by atoms with Crippen LogP contribution in [0, 0.1) is 0 Å². The van der Waals surface area contributed by atoms with Gasteiger partial charge in [-0.1, -0.05) is 12.1 Å². The Labute approximate surface area is 174 Å². The molecule has 1 aliphatic heterocycles. The highest BCUT2D eigenvalue weighted by molar-refractivity contribution is 7.98. The topological polar surface area (TPSA) is 51.7 Å². The van der Waals surface area contributed by atoms with Crippen LogP contribution in [-0.4, -0.2) is 42.3 Å². The largest absolute Gasteiger partial charge is 0.493 e. The van der Waals surface area contributed by atoms with Crippen molar-refractivity contribution in [1.82, 2.24) is 9.88 Å². The summed E-state index contributed by atoms with van der Waals surface area (Å²) >= 11 is 1.71. The number of rotatable bonds is 4. The van der Waals surface area contributed by atoms with Crippen LogP contribution < -0.4 is 9.47 Å². The molecule has 2 aromatic carbocycles. The molecule has 3 aromatic rings. The molecule has 148 valence electrons. The molecule has 4 rings (SSSR count). The van der Waals surface area contributed by atoms with Crippen LogP contribution in [0.25, 0.3) is 11.1 Å². The second-order valence-electron chi connectivity index (χ2n) is 6.71. The monoisotopic (exact) mass is 406 g/mol. The van der Waals surface area contributed by atoms with Gasteiger partial charge in [0.2, 0.25) is 0 Å². The molecule has 1 aliphatic rings. The Kier molecular flexibility index (Phi) is 5.71. The number of ether oxygens (including phenoxy) is 2. The molecule has 0 aliphatic carbocycles. The third kappa shape index (κ3) is 4.07. The summed E-state index contributed by atoms with van der Waals surface area (Å²) in [5.74, 6) is 1.34. The van der Waals surface area contributed by atoms with Crippen molar-refractivity contribution in [2.45, 2.75) is 11.4 Å². The maximum atomic E-state index is 12.9. The molecule has 0 N–H and O–H groups in total. The second-order valence-corrected chi connectivity index (χ2v) is 7.59. The van der Waals surface area contributed by atoms with Gasteiger partial charge >= 0.3 is 0 Å². The van der Waals surface area contributed by atoms with Crippen LogP contribution >= 0.6 is 11.8 Å². The van der Waals surface area contributed by atoms with Crippen molar-refractivity contribution >= 4 is 17.7 Å². The second kappa shape index (κ2) is 8.57. The van der Waals surface area contributed by atoms with Crippen molar-refractivity contribution in [1.29, 1.82) is 0 Å². The fourth-order valence-corrected chi connectivity index (χ4v) is 3.84. The highest BCUT2D eigenvalue weighted by Gasteiger charge is 2.24. The molecular formula is C23H22N2O3S. The van der Waals surface area contributed by atoms with Gasteiger partial charge in [-0.05, 0) is 53.8 Å². The van der Waals surface area contributed by atoms with Crippen molar-refractivity contribution in [3.8, 4) is 22.6 Å². The number of carbonyl (C=O) groups is 1. The number of hydrogen-bond donors (Lipinski definition) is 0. The SMILES string of the molecule is COc1cc(-c2ccc(SC)cc2)cc2c1OCCN(C(=O)c1cccnc1)C2. The van der Waals surface area contributed by atoms with Crippen LogP contribution in [0.15, 0.2) is 65.8 Å². The van der Waals surface area contributed by atoms with Gasteiger partial charge in [0.1, 0.15) is 6.61 Å². The Morgan fingerprint density at radius 3 is 2.69 bits per heavy atom. The lowest BCUT2D eigenvalue weighted by Crippen LogP contribution is -2.32. The van der Waals surface area contributed by atoms with E-state index in [0.29, 0.717) is 36.8 Å². The van der Waals surface area contributed by atoms with Crippen LogP contribution in [0.2, 0.25) is 0 Å². The minimum atomic E-state index is -0.0526. The third-order valence-electron chi connectivity index (χ3n) is 4.94. The molecule has 0 saturated heterocycles. The van der Waals surface area contributed by atoms with Gasteiger partial charge in [-0.3, -0.25) is 9.78 Å². The predicted octanol–water partition coefficient (Wildman–Crippen LogP) is 4.51. The summed E-state index contributed by atoms with van der Waals surface area (Å²) in [6.07, 6.45) is 5.32. The minimum absolute atomic E-state index is 0.0526. The van der Waals surface area contributed by atoms with Crippen molar-refractivity contribution < 1.29 is 14.3 Å². The van der Waals surface area contributed by atoms with E-state index in [9.17, 15) is 4.79 Å². The molecule has 0 spiro atoms. The molecule has 6 heteroatoms. The molecule has 0 bridgehead atoms. The molecule has 0 radical (unpaired) electrons. The lowest BCUT2D eigenvalue weighted by atomic mass is 10.0. The Morgan fingerprint density at radius 1 is 1.17 bits per heavy atom. The summed E-state index contributed by atoms with van der Waals surface area (Å²) in [5, 5.41) is 0. The molecule has 1 aromatic heterocycles. The number of nitrogens with zero attached hydrogens (tertiary/aromatic N) is 2. The fourth-order valence-electron chi connectivity index (χ4n) is 3.43. The Hall–Kier alpha value is -2.99. The van der Waals surface area contributed by atoms with Crippen molar-refractivity contribution in [2.75, 3.05) is 26.5 Å². The van der Waals surface area contributed by atoms with Gasteiger partial charge < -0.3 is 14.4 Å². The lowest BCUT2D eigenvalue weighted by molar-refractivity contribution is 0.0732. The molecule has 29 heavy (non-hydrogen) atoms. The zero-order valence-corrected chi connectivity index (χ0v) is 17.2.